The highest BCUT2D eigenvalue weighted by molar-refractivity contribution is 14.1. The molecule has 0 aliphatic heterocycles. The molecule has 0 bridgehead atoms. The second kappa shape index (κ2) is 6.82. The Balaban J connectivity index is 1.97. The number of hydrogen-bond donors (Lipinski definition) is 0. The molecule has 0 radical (unpaired) electrons. The fourth-order valence-electron chi connectivity index (χ4n) is 1.93. The minimum absolute atomic E-state index is 0.161. The zero-order valence-corrected chi connectivity index (χ0v) is 13.0. The van der Waals surface area contributed by atoms with Gasteiger partial charge in [0, 0.05) is 15.7 Å². The van der Waals surface area contributed by atoms with Crippen LogP contribution in [0, 0.1) is 3.57 Å². The number of rotatable bonds is 5. The second-order valence-corrected chi connectivity index (χ2v) is 5.72. The van der Waals surface area contributed by atoms with Crippen molar-refractivity contribution in [1.82, 2.24) is 4.90 Å². The lowest BCUT2D eigenvalue weighted by Crippen LogP contribution is -2.25. The van der Waals surface area contributed by atoms with Crippen molar-refractivity contribution >= 4 is 28.4 Å². The number of benzene rings is 2. The third-order valence-electron chi connectivity index (χ3n) is 2.91. The summed E-state index contributed by atoms with van der Waals surface area (Å²) in [5, 5.41) is 0. The van der Waals surface area contributed by atoms with E-state index in [0.717, 1.165) is 12.1 Å². The quantitative estimate of drug-likeness (QED) is 0.596. The monoisotopic (exact) mass is 365 g/mol. The molecule has 0 heterocycles. The third-order valence-corrected chi connectivity index (χ3v) is 3.96. The molecule has 2 nitrogen and oxygen atoms in total. The molecule has 0 atom stereocenters. The number of carbonyl (C=O) groups is 1. The Kier molecular flexibility index (Phi) is 5.10. The van der Waals surface area contributed by atoms with Crippen molar-refractivity contribution < 1.29 is 4.79 Å². The molecule has 0 unspecified atom stereocenters. The van der Waals surface area contributed by atoms with Gasteiger partial charge in [-0.1, -0.05) is 48.5 Å². The smallest absolute Gasteiger partial charge is 0.176 e. The zero-order valence-electron chi connectivity index (χ0n) is 10.8. The van der Waals surface area contributed by atoms with Crippen LogP contribution in [0.25, 0.3) is 0 Å². The molecule has 2 aromatic carbocycles. The van der Waals surface area contributed by atoms with Gasteiger partial charge in [-0.15, -0.1) is 0 Å². The molecular weight excluding hydrogens is 349 g/mol. The fourth-order valence-corrected chi connectivity index (χ4v) is 2.49. The maximum atomic E-state index is 12.1. The van der Waals surface area contributed by atoms with Crippen molar-refractivity contribution in [3.8, 4) is 0 Å². The number of Topliss-reactive ketones (excluding diaryl/α,β-unsaturated/α-hetero) is 1. The van der Waals surface area contributed by atoms with Crippen molar-refractivity contribution in [1.29, 1.82) is 0 Å². The van der Waals surface area contributed by atoms with Crippen LogP contribution in [-0.4, -0.2) is 24.3 Å². The molecule has 2 aromatic rings. The highest BCUT2D eigenvalue weighted by Gasteiger charge is 2.10. The largest absolute Gasteiger partial charge is 0.295 e. The fraction of sp³-hybridized carbons (Fsp3) is 0.188. The highest BCUT2D eigenvalue weighted by Crippen LogP contribution is 2.13. The molecule has 0 saturated carbocycles. The lowest BCUT2D eigenvalue weighted by Gasteiger charge is -2.16. The van der Waals surface area contributed by atoms with E-state index in [0.29, 0.717) is 6.54 Å². The van der Waals surface area contributed by atoms with E-state index in [1.165, 1.54) is 9.13 Å². The summed E-state index contributed by atoms with van der Waals surface area (Å²) < 4.78 is 1.24. The summed E-state index contributed by atoms with van der Waals surface area (Å²) >= 11 is 2.33. The van der Waals surface area contributed by atoms with Gasteiger partial charge in [0.15, 0.2) is 5.78 Å². The first-order chi connectivity index (χ1) is 9.16. The van der Waals surface area contributed by atoms with E-state index >= 15 is 0 Å². The molecule has 3 heteroatoms. The van der Waals surface area contributed by atoms with Gasteiger partial charge in [-0.3, -0.25) is 9.69 Å². The number of halogens is 1. The van der Waals surface area contributed by atoms with E-state index in [1.54, 1.807) is 0 Å². The first-order valence-corrected chi connectivity index (χ1v) is 7.25. The Bertz CT molecular complexity index is 554. The second-order valence-electron chi connectivity index (χ2n) is 4.55. The van der Waals surface area contributed by atoms with Crippen LogP contribution in [0.4, 0.5) is 0 Å². The average Bonchev–Trinajstić information content (AvgIpc) is 2.42. The van der Waals surface area contributed by atoms with Crippen LogP contribution < -0.4 is 0 Å². The Morgan fingerprint density at radius 3 is 2.37 bits per heavy atom. The molecule has 98 valence electrons. The Morgan fingerprint density at radius 2 is 1.68 bits per heavy atom. The normalized spacial score (nSPS) is 10.7. The van der Waals surface area contributed by atoms with Crippen molar-refractivity contribution in [2.75, 3.05) is 13.6 Å². The van der Waals surface area contributed by atoms with Gasteiger partial charge < -0.3 is 0 Å². The van der Waals surface area contributed by atoms with Crippen molar-refractivity contribution in [2.45, 2.75) is 6.54 Å². The standard InChI is InChI=1S/C16H16INO/c1-18(11-14-9-5-6-10-15(14)17)12-16(19)13-7-3-2-4-8-13/h2-10H,11-12H2,1H3. The van der Waals surface area contributed by atoms with Gasteiger partial charge >= 0.3 is 0 Å². The summed E-state index contributed by atoms with van der Waals surface area (Å²) in [5.41, 5.74) is 2.03. The van der Waals surface area contributed by atoms with Crippen LogP contribution in [0.2, 0.25) is 0 Å². The molecule has 0 N–H and O–H groups in total. The lowest BCUT2D eigenvalue weighted by atomic mass is 10.1. The van der Waals surface area contributed by atoms with E-state index < -0.39 is 0 Å². The maximum Gasteiger partial charge on any atom is 0.176 e. The van der Waals surface area contributed by atoms with Gasteiger partial charge in [-0.05, 0) is 41.3 Å². The topological polar surface area (TPSA) is 20.3 Å². The highest BCUT2D eigenvalue weighted by atomic mass is 127. The first-order valence-electron chi connectivity index (χ1n) is 6.17. The van der Waals surface area contributed by atoms with Gasteiger partial charge in [0.05, 0.1) is 6.54 Å². The molecular formula is C16H16INO. The molecule has 0 aliphatic rings. The van der Waals surface area contributed by atoms with Gasteiger partial charge in [0.2, 0.25) is 0 Å². The van der Waals surface area contributed by atoms with E-state index in [4.69, 9.17) is 0 Å². The first kappa shape index (κ1) is 14.2. The van der Waals surface area contributed by atoms with Crippen molar-refractivity contribution in [3.05, 3.63) is 69.3 Å². The summed E-state index contributed by atoms with van der Waals surface area (Å²) in [6, 6.07) is 17.7. The third kappa shape index (κ3) is 4.14. The van der Waals surface area contributed by atoms with Gasteiger partial charge in [0.25, 0.3) is 0 Å². The molecule has 0 spiro atoms. The molecule has 0 amide bonds. The summed E-state index contributed by atoms with van der Waals surface area (Å²) in [7, 11) is 1.98. The maximum absolute atomic E-state index is 12.1. The molecule has 19 heavy (non-hydrogen) atoms. The van der Waals surface area contributed by atoms with Crippen molar-refractivity contribution in [3.63, 3.8) is 0 Å². The summed E-state index contributed by atoms with van der Waals surface area (Å²) in [6.07, 6.45) is 0. The predicted molar refractivity (Wildman–Crippen MR) is 86.3 cm³/mol. The van der Waals surface area contributed by atoms with E-state index in [1.807, 2.05) is 54.4 Å². The minimum Gasteiger partial charge on any atom is -0.295 e. The molecule has 0 aliphatic carbocycles. The van der Waals surface area contributed by atoms with Gasteiger partial charge in [-0.25, -0.2) is 0 Å². The average molecular weight is 365 g/mol. The van der Waals surface area contributed by atoms with Gasteiger partial charge in [-0.2, -0.15) is 0 Å². The number of carbonyl (C=O) groups excluding carboxylic acids is 1. The predicted octanol–water partition coefficient (Wildman–Crippen LogP) is 3.61. The SMILES string of the molecule is CN(CC(=O)c1ccccc1)Cc1ccccc1I. The van der Waals surface area contributed by atoms with E-state index in [-0.39, 0.29) is 5.78 Å². The van der Waals surface area contributed by atoms with Crippen LogP contribution in [0.15, 0.2) is 54.6 Å². The van der Waals surface area contributed by atoms with Crippen LogP contribution in [0.3, 0.4) is 0 Å². The Morgan fingerprint density at radius 1 is 1.05 bits per heavy atom. The Hall–Kier alpha value is -1.20. The number of hydrogen-bond acceptors (Lipinski definition) is 2. The van der Waals surface area contributed by atoms with Crippen molar-refractivity contribution in [2.24, 2.45) is 0 Å². The van der Waals surface area contributed by atoms with E-state index in [9.17, 15) is 4.79 Å². The van der Waals surface area contributed by atoms with Crippen LogP contribution in [0.1, 0.15) is 15.9 Å². The number of nitrogens with zero attached hydrogens (tertiary/aromatic N) is 1. The van der Waals surface area contributed by atoms with Gasteiger partial charge in [0.1, 0.15) is 0 Å². The van der Waals surface area contributed by atoms with Crippen LogP contribution in [0.5, 0.6) is 0 Å². The summed E-state index contributed by atoms with van der Waals surface area (Å²) in [6.45, 7) is 1.23. The number of likely N-dealkylation sites (N-methyl/N-ethyl adjacent to an activating group) is 1. The van der Waals surface area contributed by atoms with Crippen LogP contribution in [-0.2, 0) is 6.54 Å². The van der Waals surface area contributed by atoms with E-state index in [2.05, 4.69) is 34.7 Å². The Labute approximate surface area is 127 Å². The summed E-state index contributed by atoms with van der Waals surface area (Å²) in [4.78, 5) is 14.1. The molecule has 0 saturated heterocycles. The zero-order chi connectivity index (χ0) is 13.7. The lowest BCUT2D eigenvalue weighted by molar-refractivity contribution is 0.0943. The van der Waals surface area contributed by atoms with Crippen LogP contribution >= 0.6 is 22.6 Å². The summed E-state index contributed by atoms with van der Waals surface area (Å²) in [5.74, 6) is 0.161. The molecule has 0 fully saturated rings. The minimum atomic E-state index is 0.161. The number of ketones is 1. The molecule has 2 rings (SSSR count). The molecule has 0 aromatic heterocycles.